The standard InChI is InChI=1S/C66H44N2O/c1-2-13-45(14-3-1)46-25-29-51(30-26-46)56-15-4-8-20-61(56)67(53-39-33-48(34-40-53)47-27-31-52(32-28-47)57-19-12-24-65-66(57)60-18-7-11-23-64(60)69-65)54-41-35-49(36-42-54)50-37-43-55(44-38-50)68-62-21-9-5-16-58(62)59-17-6-10-22-63(59)68/h1-44H. The minimum absolute atomic E-state index is 0.906. The van der Waals surface area contributed by atoms with Crippen LogP contribution in [0.25, 0.3) is 105 Å². The molecule has 0 bridgehead atoms. The van der Waals surface area contributed by atoms with Gasteiger partial charge in [-0.15, -0.1) is 0 Å². The summed E-state index contributed by atoms with van der Waals surface area (Å²) >= 11 is 0. The molecule has 0 radical (unpaired) electrons. The summed E-state index contributed by atoms with van der Waals surface area (Å²) in [6.07, 6.45) is 0. The Morgan fingerprint density at radius 1 is 0.275 bits per heavy atom. The lowest BCUT2D eigenvalue weighted by molar-refractivity contribution is 0.669. The maximum absolute atomic E-state index is 6.21. The predicted molar refractivity (Wildman–Crippen MR) is 290 cm³/mol. The van der Waals surface area contributed by atoms with Gasteiger partial charge in [0.2, 0.25) is 0 Å². The minimum Gasteiger partial charge on any atom is -0.456 e. The molecule has 3 heteroatoms. The van der Waals surface area contributed by atoms with E-state index in [-0.39, 0.29) is 0 Å². The van der Waals surface area contributed by atoms with Crippen LogP contribution in [0.15, 0.2) is 271 Å². The van der Waals surface area contributed by atoms with Crippen LogP contribution >= 0.6 is 0 Å². The molecule has 0 atom stereocenters. The zero-order chi connectivity index (χ0) is 45.7. The fourth-order valence-electron chi connectivity index (χ4n) is 10.3. The highest BCUT2D eigenvalue weighted by atomic mass is 16.3. The molecule has 0 aliphatic heterocycles. The first-order valence-electron chi connectivity index (χ1n) is 23.6. The van der Waals surface area contributed by atoms with Gasteiger partial charge in [-0.2, -0.15) is 0 Å². The van der Waals surface area contributed by atoms with Gasteiger partial charge < -0.3 is 13.9 Å². The molecular weight excluding hydrogens is 837 g/mol. The highest BCUT2D eigenvalue weighted by molar-refractivity contribution is 6.12. The van der Waals surface area contributed by atoms with E-state index < -0.39 is 0 Å². The summed E-state index contributed by atoms with van der Waals surface area (Å²) in [6.45, 7) is 0. The number of hydrogen-bond donors (Lipinski definition) is 0. The molecule has 0 aliphatic carbocycles. The number of rotatable bonds is 9. The Balaban J connectivity index is 0.850. The molecule has 0 N–H and O–H groups in total. The molecule has 69 heavy (non-hydrogen) atoms. The van der Waals surface area contributed by atoms with Gasteiger partial charge in [0.15, 0.2) is 0 Å². The first-order valence-corrected chi connectivity index (χ1v) is 23.6. The second-order valence-electron chi connectivity index (χ2n) is 17.7. The highest BCUT2D eigenvalue weighted by Gasteiger charge is 2.19. The summed E-state index contributed by atoms with van der Waals surface area (Å²) < 4.78 is 8.58. The maximum atomic E-state index is 6.21. The van der Waals surface area contributed by atoms with Crippen molar-refractivity contribution >= 4 is 60.8 Å². The van der Waals surface area contributed by atoms with Crippen molar-refractivity contribution in [2.24, 2.45) is 0 Å². The highest BCUT2D eigenvalue weighted by Crippen LogP contribution is 2.43. The molecule has 2 aromatic heterocycles. The quantitative estimate of drug-likeness (QED) is 0.144. The predicted octanol–water partition coefficient (Wildman–Crippen LogP) is 18.5. The lowest BCUT2D eigenvalue weighted by Crippen LogP contribution is -2.11. The largest absolute Gasteiger partial charge is 0.456 e. The summed E-state index contributed by atoms with van der Waals surface area (Å²) in [4.78, 5) is 2.39. The van der Waals surface area contributed by atoms with Crippen LogP contribution in [0.4, 0.5) is 17.1 Å². The van der Waals surface area contributed by atoms with Crippen molar-refractivity contribution < 1.29 is 4.42 Å². The van der Waals surface area contributed by atoms with Gasteiger partial charge in [0, 0.05) is 44.2 Å². The number of hydrogen-bond acceptors (Lipinski definition) is 2. The Kier molecular flexibility index (Phi) is 9.84. The average molecular weight is 881 g/mol. The van der Waals surface area contributed by atoms with Gasteiger partial charge in [-0.3, -0.25) is 0 Å². The van der Waals surface area contributed by atoms with Crippen LogP contribution in [0.5, 0.6) is 0 Å². The Bertz CT molecular complexity index is 3910. The molecule has 3 nitrogen and oxygen atoms in total. The summed E-state index contributed by atoms with van der Waals surface area (Å²) in [7, 11) is 0. The van der Waals surface area contributed by atoms with E-state index in [0.29, 0.717) is 0 Å². The fraction of sp³-hybridized carbons (Fsp3) is 0. The summed E-state index contributed by atoms with van der Waals surface area (Å²) in [5.41, 5.74) is 20.3. The van der Waals surface area contributed by atoms with Crippen molar-refractivity contribution in [2.45, 2.75) is 0 Å². The van der Waals surface area contributed by atoms with Gasteiger partial charge in [-0.25, -0.2) is 0 Å². The zero-order valence-corrected chi connectivity index (χ0v) is 37.7. The number of anilines is 3. The van der Waals surface area contributed by atoms with Crippen molar-refractivity contribution in [2.75, 3.05) is 4.90 Å². The van der Waals surface area contributed by atoms with Crippen LogP contribution in [0, 0.1) is 0 Å². The number of aromatic nitrogens is 1. The minimum atomic E-state index is 0.906. The van der Waals surface area contributed by atoms with Gasteiger partial charge in [0.25, 0.3) is 0 Å². The third kappa shape index (κ3) is 7.16. The van der Waals surface area contributed by atoms with E-state index in [1.54, 1.807) is 0 Å². The van der Waals surface area contributed by atoms with E-state index in [1.807, 2.05) is 12.1 Å². The average Bonchev–Trinajstić information content (AvgIpc) is 3.98. The maximum Gasteiger partial charge on any atom is 0.136 e. The monoisotopic (exact) mass is 880 g/mol. The van der Waals surface area contributed by atoms with E-state index in [9.17, 15) is 0 Å². The van der Waals surface area contributed by atoms with E-state index in [2.05, 4.69) is 264 Å². The number of benzene rings is 11. The number of furan rings is 1. The van der Waals surface area contributed by atoms with Crippen molar-refractivity contribution in [3.63, 3.8) is 0 Å². The normalized spacial score (nSPS) is 11.5. The SMILES string of the molecule is c1ccc(-c2ccc(-c3ccccc3N(c3ccc(-c4ccc(-c5cccc6oc7ccccc7c56)cc4)cc3)c3ccc(-c4ccc(-n5c6ccccc6c6ccccc65)cc4)cc3)cc2)cc1. The van der Waals surface area contributed by atoms with Gasteiger partial charge in [0.1, 0.15) is 11.2 Å². The molecule has 0 amide bonds. The Labute approximate surface area is 401 Å². The van der Waals surface area contributed by atoms with Gasteiger partial charge in [-0.05, 0) is 117 Å². The van der Waals surface area contributed by atoms with Crippen LogP contribution in [0.1, 0.15) is 0 Å². The molecule has 13 rings (SSSR count). The molecule has 2 heterocycles. The lowest BCUT2D eigenvalue weighted by Gasteiger charge is -2.28. The van der Waals surface area contributed by atoms with Crippen LogP contribution in [-0.2, 0) is 0 Å². The molecule has 324 valence electrons. The summed E-state index contributed by atoms with van der Waals surface area (Å²) in [6, 6.07) is 96.0. The first-order chi connectivity index (χ1) is 34.2. The molecule has 0 saturated heterocycles. The smallest absolute Gasteiger partial charge is 0.136 e. The molecule has 11 aromatic carbocycles. The van der Waals surface area contributed by atoms with Crippen molar-refractivity contribution in [1.82, 2.24) is 4.57 Å². The summed E-state index contributed by atoms with van der Waals surface area (Å²) in [5.74, 6) is 0. The molecule has 13 aromatic rings. The lowest BCUT2D eigenvalue weighted by atomic mass is 9.96. The van der Waals surface area contributed by atoms with E-state index in [4.69, 9.17) is 4.42 Å². The number of nitrogens with zero attached hydrogens (tertiary/aromatic N) is 2. The second-order valence-corrected chi connectivity index (χ2v) is 17.7. The zero-order valence-electron chi connectivity index (χ0n) is 37.7. The van der Waals surface area contributed by atoms with Crippen LogP contribution in [-0.4, -0.2) is 4.57 Å². The second kappa shape index (κ2) is 16.9. The third-order valence-corrected chi connectivity index (χ3v) is 13.7. The van der Waals surface area contributed by atoms with Gasteiger partial charge in [0.05, 0.1) is 16.7 Å². The van der Waals surface area contributed by atoms with Crippen LogP contribution in [0.2, 0.25) is 0 Å². The Hall–Kier alpha value is -9.18. The summed E-state index contributed by atoms with van der Waals surface area (Å²) in [5, 5.41) is 4.82. The molecular formula is C66H44N2O. The first kappa shape index (κ1) is 40.1. The Morgan fingerprint density at radius 2 is 0.681 bits per heavy atom. The van der Waals surface area contributed by atoms with E-state index >= 15 is 0 Å². The van der Waals surface area contributed by atoms with Crippen molar-refractivity contribution in [3.05, 3.63) is 267 Å². The molecule has 0 fully saturated rings. The number of para-hydroxylation sites is 4. The number of fused-ring (bicyclic) bond motifs is 6. The van der Waals surface area contributed by atoms with Crippen LogP contribution in [0.3, 0.4) is 0 Å². The molecule has 0 unspecified atom stereocenters. The molecule has 0 aliphatic rings. The van der Waals surface area contributed by atoms with Gasteiger partial charge >= 0.3 is 0 Å². The molecule has 0 spiro atoms. The van der Waals surface area contributed by atoms with Crippen molar-refractivity contribution in [3.8, 4) is 61.3 Å². The fourth-order valence-corrected chi connectivity index (χ4v) is 10.3. The van der Waals surface area contributed by atoms with Crippen molar-refractivity contribution in [1.29, 1.82) is 0 Å². The Morgan fingerprint density at radius 3 is 1.28 bits per heavy atom. The van der Waals surface area contributed by atoms with E-state index in [1.165, 1.54) is 44.1 Å². The molecule has 0 saturated carbocycles. The third-order valence-electron chi connectivity index (χ3n) is 13.7. The van der Waals surface area contributed by atoms with E-state index in [0.717, 1.165) is 78.1 Å². The topological polar surface area (TPSA) is 21.3 Å². The van der Waals surface area contributed by atoms with Crippen LogP contribution < -0.4 is 4.90 Å². The van der Waals surface area contributed by atoms with Gasteiger partial charge in [-0.1, -0.05) is 200 Å².